The molecule has 2 rings (SSSR count). The van der Waals surface area contributed by atoms with Crippen LogP contribution < -0.4 is 0 Å². The lowest BCUT2D eigenvalue weighted by molar-refractivity contribution is 0.706. The van der Waals surface area contributed by atoms with Crippen molar-refractivity contribution in [3.63, 3.8) is 0 Å². The van der Waals surface area contributed by atoms with Crippen LogP contribution in [0, 0.1) is 11.8 Å². The number of aryl methyl sites for hydroxylation is 1. The van der Waals surface area contributed by atoms with Crippen LogP contribution in [0.1, 0.15) is 69.1 Å². The Bertz CT molecular complexity index is 656. The molecular formula is C24H30S. The van der Waals surface area contributed by atoms with Crippen molar-refractivity contribution < 1.29 is 0 Å². The van der Waals surface area contributed by atoms with Gasteiger partial charge < -0.3 is 0 Å². The number of thioether (sulfide) groups is 1. The zero-order valence-electron chi connectivity index (χ0n) is 15.7. The van der Waals surface area contributed by atoms with Gasteiger partial charge in [-0.3, -0.25) is 0 Å². The molecule has 0 heterocycles. The van der Waals surface area contributed by atoms with Gasteiger partial charge in [0.2, 0.25) is 0 Å². The van der Waals surface area contributed by atoms with E-state index in [2.05, 4.69) is 74.2 Å². The van der Waals surface area contributed by atoms with Crippen molar-refractivity contribution in [3.8, 4) is 11.8 Å². The maximum Gasteiger partial charge on any atom is 0.0249 e. The van der Waals surface area contributed by atoms with E-state index >= 15 is 0 Å². The summed E-state index contributed by atoms with van der Waals surface area (Å²) in [5, 5.41) is 0. The first-order valence-electron chi connectivity index (χ1n) is 9.65. The molecule has 0 amide bonds. The predicted octanol–water partition coefficient (Wildman–Crippen LogP) is 7.10. The lowest BCUT2D eigenvalue weighted by atomic mass is 10.1. The highest BCUT2D eigenvalue weighted by Gasteiger charge is 1.96. The van der Waals surface area contributed by atoms with E-state index < -0.39 is 0 Å². The van der Waals surface area contributed by atoms with Crippen LogP contribution >= 0.6 is 11.8 Å². The van der Waals surface area contributed by atoms with Crippen LogP contribution in [0.4, 0.5) is 0 Å². The summed E-state index contributed by atoms with van der Waals surface area (Å²) in [7, 11) is 0. The molecule has 1 heteroatoms. The number of benzene rings is 2. The van der Waals surface area contributed by atoms with Crippen molar-refractivity contribution >= 4 is 11.8 Å². The molecule has 2 aromatic rings. The number of hydrogen-bond donors (Lipinski definition) is 0. The molecule has 0 aliphatic heterocycles. The van der Waals surface area contributed by atoms with Crippen molar-refractivity contribution in [3.05, 3.63) is 65.2 Å². The van der Waals surface area contributed by atoms with Gasteiger partial charge in [0.15, 0.2) is 0 Å². The summed E-state index contributed by atoms with van der Waals surface area (Å²) in [5.41, 5.74) is 3.59. The lowest BCUT2D eigenvalue weighted by Crippen LogP contribution is -1.85. The summed E-state index contributed by atoms with van der Waals surface area (Å²) in [6.07, 6.45) is 9.00. The van der Waals surface area contributed by atoms with Gasteiger partial charge in [0.25, 0.3) is 0 Å². The summed E-state index contributed by atoms with van der Waals surface area (Å²) in [4.78, 5) is 1.35. The normalized spacial score (nSPS) is 10.3. The van der Waals surface area contributed by atoms with Gasteiger partial charge >= 0.3 is 0 Å². The molecule has 0 nitrogen and oxygen atoms in total. The van der Waals surface area contributed by atoms with E-state index in [1.54, 1.807) is 0 Å². The number of hydrogen-bond acceptors (Lipinski definition) is 1. The second-order valence-corrected chi connectivity index (χ2v) is 7.65. The molecule has 0 N–H and O–H groups in total. The zero-order chi connectivity index (χ0) is 17.7. The van der Waals surface area contributed by atoms with Crippen LogP contribution in [0.5, 0.6) is 0 Å². The topological polar surface area (TPSA) is 0 Å². The first-order chi connectivity index (χ1) is 12.3. The minimum absolute atomic E-state index is 1.09. The molecule has 2 aromatic carbocycles. The van der Waals surface area contributed by atoms with Crippen molar-refractivity contribution in [1.82, 2.24) is 0 Å². The predicted molar refractivity (Wildman–Crippen MR) is 112 cm³/mol. The summed E-state index contributed by atoms with van der Waals surface area (Å²) in [6.45, 7) is 4.49. The van der Waals surface area contributed by atoms with Crippen LogP contribution in [0.3, 0.4) is 0 Å². The molecule has 0 unspecified atom stereocenters. The Morgan fingerprint density at radius 1 is 0.680 bits per heavy atom. The van der Waals surface area contributed by atoms with Gasteiger partial charge in [-0.15, -0.1) is 11.8 Å². The first-order valence-corrected chi connectivity index (χ1v) is 10.6. The maximum atomic E-state index is 3.28. The average Bonchev–Trinajstić information content (AvgIpc) is 2.66. The van der Waals surface area contributed by atoms with Crippen LogP contribution in [-0.2, 0) is 6.42 Å². The molecule has 0 aromatic heterocycles. The van der Waals surface area contributed by atoms with Gasteiger partial charge in [0.05, 0.1) is 0 Å². The highest BCUT2D eigenvalue weighted by Crippen LogP contribution is 2.20. The zero-order valence-corrected chi connectivity index (χ0v) is 16.5. The lowest BCUT2D eigenvalue weighted by Gasteiger charge is -2.01. The quantitative estimate of drug-likeness (QED) is 0.264. The second-order valence-electron chi connectivity index (χ2n) is 6.48. The standard InChI is InChI=1S/C24H30S/c1-3-5-7-8-20-25-24-18-16-23(17-19-24)15-14-22-12-10-21(11-13-22)9-6-4-2/h10-13,16-19H,3-9,20H2,1-2H3. The summed E-state index contributed by atoms with van der Waals surface area (Å²) in [5.74, 6) is 7.77. The van der Waals surface area contributed by atoms with E-state index in [0.29, 0.717) is 0 Å². The van der Waals surface area contributed by atoms with E-state index in [4.69, 9.17) is 0 Å². The molecule has 0 radical (unpaired) electrons. The fourth-order valence-electron chi connectivity index (χ4n) is 2.63. The van der Waals surface area contributed by atoms with E-state index in [1.807, 2.05) is 11.8 Å². The Balaban J connectivity index is 1.83. The van der Waals surface area contributed by atoms with Gasteiger partial charge in [-0.1, -0.05) is 63.5 Å². The van der Waals surface area contributed by atoms with Crippen LogP contribution in [0.15, 0.2) is 53.4 Å². The minimum Gasteiger partial charge on any atom is -0.126 e. The third-order valence-electron chi connectivity index (χ3n) is 4.25. The third-order valence-corrected chi connectivity index (χ3v) is 5.34. The molecule has 0 saturated heterocycles. The molecule has 0 aliphatic rings. The van der Waals surface area contributed by atoms with E-state index in [1.165, 1.54) is 61.2 Å². The summed E-state index contributed by atoms with van der Waals surface area (Å²) < 4.78 is 0. The Morgan fingerprint density at radius 2 is 1.28 bits per heavy atom. The average molecular weight is 351 g/mol. The molecule has 25 heavy (non-hydrogen) atoms. The third kappa shape index (κ3) is 7.84. The Hall–Kier alpha value is -1.65. The highest BCUT2D eigenvalue weighted by atomic mass is 32.2. The highest BCUT2D eigenvalue weighted by molar-refractivity contribution is 7.99. The fourth-order valence-corrected chi connectivity index (χ4v) is 3.55. The van der Waals surface area contributed by atoms with Gasteiger partial charge in [-0.2, -0.15) is 0 Å². The maximum absolute atomic E-state index is 3.28. The smallest absolute Gasteiger partial charge is 0.0249 e. The van der Waals surface area contributed by atoms with Crippen molar-refractivity contribution in [1.29, 1.82) is 0 Å². The Morgan fingerprint density at radius 3 is 1.88 bits per heavy atom. The minimum atomic E-state index is 1.09. The van der Waals surface area contributed by atoms with Crippen molar-refractivity contribution in [2.75, 3.05) is 5.75 Å². The van der Waals surface area contributed by atoms with Gasteiger partial charge in [-0.25, -0.2) is 0 Å². The van der Waals surface area contributed by atoms with Crippen molar-refractivity contribution in [2.45, 2.75) is 63.7 Å². The SMILES string of the molecule is CCCCCCSc1ccc(C#Cc2ccc(CCCC)cc2)cc1. The first kappa shape index (κ1) is 19.7. The van der Waals surface area contributed by atoms with Gasteiger partial charge in [-0.05, 0) is 67.0 Å². The van der Waals surface area contributed by atoms with Crippen LogP contribution in [-0.4, -0.2) is 5.75 Å². The largest absolute Gasteiger partial charge is 0.126 e. The second kappa shape index (κ2) is 11.8. The molecule has 0 saturated carbocycles. The van der Waals surface area contributed by atoms with E-state index in [0.717, 1.165) is 11.1 Å². The molecule has 0 aliphatic carbocycles. The molecular weight excluding hydrogens is 320 g/mol. The van der Waals surface area contributed by atoms with E-state index in [9.17, 15) is 0 Å². The molecule has 0 fully saturated rings. The number of unbranched alkanes of at least 4 members (excludes halogenated alkanes) is 4. The molecule has 0 bridgehead atoms. The number of rotatable bonds is 9. The monoisotopic (exact) mass is 350 g/mol. The fraction of sp³-hybridized carbons (Fsp3) is 0.417. The molecule has 132 valence electrons. The van der Waals surface area contributed by atoms with Gasteiger partial charge in [0.1, 0.15) is 0 Å². The van der Waals surface area contributed by atoms with E-state index in [-0.39, 0.29) is 0 Å². The summed E-state index contributed by atoms with van der Waals surface area (Å²) >= 11 is 1.95. The molecule has 0 atom stereocenters. The Labute approximate surface area is 158 Å². The Kier molecular flexibility index (Phi) is 9.31. The van der Waals surface area contributed by atoms with Gasteiger partial charge in [0, 0.05) is 16.0 Å². The van der Waals surface area contributed by atoms with Crippen LogP contribution in [0.2, 0.25) is 0 Å². The molecule has 0 spiro atoms. The summed E-state index contributed by atoms with van der Waals surface area (Å²) in [6, 6.07) is 17.4. The van der Waals surface area contributed by atoms with Crippen LogP contribution in [0.25, 0.3) is 0 Å². The van der Waals surface area contributed by atoms with Crippen molar-refractivity contribution in [2.24, 2.45) is 0 Å².